The Kier molecular flexibility index (Phi) is 4.10. The minimum absolute atomic E-state index is 0.110. The summed E-state index contributed by atoms with van der Waals surface area (Å²) in [4.78, 5) is 26.7. The summed E-state index contributed by atoms with van der Waals surface area (Å²) >= 11 is 0. The third kappa shape index (κ3) is 2.95. The number of terminal acetylenes is 1. The normalized spacial score (nSPS) is 9.90. The lowest BCUT2D eigenvalue weighted by molar-refractivity contribution is -0.305. The molecule has 0 unspecified atom stereocenters. The third-order valence-corrected chi connectivity index (χ3v) is 2.99. The second-order valence-electron chi connectivity index (χ2n) is 4.35. The number of carbonyl (C=O) groups is 1. The van der Waals surface area contributed by atoms with Gasteiger partial charge in [0, 0.05) is 34.0 Å². The second-order valence-corrected chi connectivity index (χ2v) is 4.35. The smallest absolute Gasteiger partial charge is 0.272 e. The summed E-state index contributed by atoms with van der Waals surface area (Å²) in [6.45, 7) is 1.54. The number of hydrogen-bond donors (Lipinski definition) is 2. The van der Waals surface area contributed by atoms with E-state index in [4.69, 9.17) is 6.42 Å². The molecule has 5 heteroatoms. The van der Waals surface area contributed by atoms with Crippen LogP contribution >= 0.6 is 0 Å². The minimum Gasteiger partial charge on any atom is -0.550 e. The molecule has 0 aliphatic carbocycles. The van der Waals surface area contributed by atoms with Crippen LogP contribution in [0.3, 0.4) is 0 Å². The minimum atomic E-state index is -0.995. The predicted octanol–water partition coefficient (Wildman–Crippen LogP) is 1.14. The maximum absolute atomic E-state index is 11.7. The Morgan fingerprint density at radius 1 is 1.33 bits per heavy atom. The maximum Gasteiger partial charge on any atom is 0.272 e. The molecule has 0 radical (unpaired) electrons. The summed E-state index contributed by atoms with van der Waals surface area (Å²) in [6.07, 6.45) is 7.22. The molecule has 3 rings (SSSR count). The summed E-state index contributed by atoms with van der Waals surface area (Å²) < 4.78 is 0. The lowest BCUT2D eigenvalue weighted by Gasteiger charge is -2.00. The van der Waals surface area contributed by atoms with E-state index in [0.29, 0.717) is 5.52 Å². The van der Waals surface area contributed by atoms with E-state index >= 15 is 0 Å². The summed E-state index contributed by atoms with van der Waals surface area (Å²) in [5, 5.41) is 11.1. The Labute approximate surface area is 120 Å². The van der Waals surface area contributed by atoms with Crippen molar-refractivity contribution in [1.82, 2.24) is 9.97 Å². The van der Waals surface area contributed by atoms with Gasteiger partial charge in [0.05, 0.1) is 0 Å². The van der Waals surface area contributed by atoms with Crippen LogP contribution < -0.4 is 10.7 Å². The van der Waals surface area contributed by atoms with E-state index in [9.17, 15) is 14.7 Å². The number of carboxylic acid groups (broad SMARTS) is 1. The van der Waals surface area contributed by atoms with Gasteiger partial charge in [0.25, 0.3) is 5.56 Å². The molecule has 2 heterocycles. The number of pyridine rings is 1. The number of H-pyrrole nitrogens is 2. The summed E-state index contributed by atoms with van der Waals surface area (Å²) in [5.74, 6) is 1.59. The zero-order chi connectivity index (χ0) is 15.4. The molecule has 5 nitrogen and oxygen atoms in total. The van der Waals surface area contributed by atoms with Crippen molar-refractivity contribution >= 4 is 27.8 Å². The van der Waals surface area contributed by atoms with Gasteiger partial charge in [0.15, 0.2) is 0 Å². The molecule has 2 aromatic heterocycles. The molecule has 0 spiro atoms. The molecule has 3 aromatic rings. The Morgan fingerprint density at radius 2 is 2.05 bits per heavy atom. The zero-order valence-corrected chi connectivity index (χ0v) is 11.4. The lowest BCUT2D eigenvalue weighted by Crippen LogP contribution is -2.19. The average Bonchev–Trinajstić information content (AvgIpc) is 2.98. The molecule has 0 aliphatic heterocycles. The van der Waals surface area contributed by atoms with Gasteiger partial charge in [-0.05, 0) is 30.7 Å². The van der Waals surface area contributed by atoms with E-state index in [-0.39, 0.29) is 12.0 Å². The van der Waals surface area contributed by atoms with Gasteiger partial charge in [0.2, 0.25) is 0 Å². The lowest BCUT2D eigenvalue weighted by atomic mass is 10.1. The number of hydrogen-bond acceptors (Lipinski definition) is 3. The molecule has 21 heavy (non-hydrogen) atoms. The fourth-order valence-electron chi connectivity index (χ4n) is 1.93. The van der Waals surface area contributed by atoms with Crippen LogP contribution in [0, 0.1) is 12.3 Å². The number of benzene rings is 1. The highest BCUT2D eigenvalue weighted by molar-refractivity contribution is 6.04. The van der Waals surface area contributed by atoms with Gasteiger partial charge in [-0.1, -0.05) is 12.8 Å². The monoisotopic (exact) mass is 281 g/mol. The summed E-state index contributed by atoms with van der Waals surface area (Å²) in [7, 11) is 0. The van der Waals surface area contributed by atoms with Crippen LogP contribution in [0.2, 0.25) is 0 Å². The largest absolute Gasteiger partial charge is 0.550 e. The quantitative estimate of drug-likeness (QED) is 0.655. The topological polar surface area (TPSA) is 88.8 Å². The van der Waals surface area contributed by atoms with Crippen LogP contribution in [0.25, 0.3) is 21.8 Å². The van der Waals surface area contributed by atoms with Crippen LogP contribution in [0.4, 0.5) is 0 Å². The number of aromatic nitrogens is 2. The molecule has 0 atom stereocenters. The van der Waals surface area contributed by atoms with Gasteiger partial charge < -0.3 is 19.9 Å². The van der Waals surface area contributed by atoms with Crippen molar-refractivity contribution in [2.45, 2.75) is 13.3 Å². The molecular formula is C16H13N2O3-. The van der Waals surface area contributed by atoms with Crippen LogP contribution in [0.15, 0.2) is 35.3 Å². The zero-order valence-electron chi connectivity index (χ0n) is 11.4. The first-order chi connectivity index (χ1) is 10.1. The van der Waals surface area contributed by atoms with E-state index in [1.807, 2.05) is 24.3 Å². The number of aromatic amines is 2. The fraction of sp³-hybridized carbons (Fsp3) is 0.125. The van der Waals surface area contributed by atoms with Gasteiger partial charge in [-0.2, -0.15) is 0 Å². The van der Waals surface area contributed by atoms with Gasteiger partial charge in [-0.15, -0.1) is 6.42 Å². The number of rotatable bonds is 1. The number of nitrogens with one attached hydrogen (secondary N) is 2. The van der Waals surface area contributed by atoms with Crippen LogP contribution in [-0.4, -0.2) is 15.9 Å². The Morgan fingerprint density at radius 3 is 2.67 bits per heavy atom. The highest BCUT2D eigenvalue weighted by Crippen LogP contribution is 2.21. The van der Waals surface area contributed by atoms with E-state index in [2.05, 4.69) is 15.9 Å². The first-order valence-corrected chi connectivity index (χ1v) is 6.36. The van der Waals surface area contributed by atoms with Crippen LogP contribution in [0.1, 0.15) is 18.9 Å². The first kappa shape index (κ1) is 14.4. The van der Waals surface area contributed by atoms with Crippen molar-refractivity contribution < 1.29 is 9.90 Å². The SMILES string of the molecule is C#Cc1ccc2[nH]c(=O)c3[nH]ccc3c2c1.CCC(=O)[O-]. The second kappa shape index (κ2) is 5.97. The molecule has 1 aromatic carbocycles. The standard InChI is InChI=1S/C13H8N2O.C3H6O2/c1-2-8-3-4-11-10(7-8)9-5-6-14-12(9)13(16)15-11;1-2-3(4)5/h1,3-7,14H,(H,15,16);2H2,1H3,(H,4,5)/p-1. The number of aliphatic carboxylic acids is 1. The Hall–Kier alpha value is -3.00. The van der Waals surface area contributed by atoms with Gasteiger partial charge in [0.1, 0.15) is 5.52 Å². The van der Waals surface area contributed by atoms with Crippen LogP contribution in [-0.2, 0) is 4.79 Å². The first-order valence-electron chi connectivity index (χ1n) is 6.36. The molecule has 2 N–H and O–H groups in total. The highest BCUT2D eigenvalue weighted by atomic mass is 16.4. The van der Waals surface area contributed by atoms with Crippen molar-refractivity contribution in [2.75, 3.05) is 0 Å². The maximum atomic E-state index is 11.7. The molecule has 0 saturated heterocycles. The predicted molar refractivity (Wildman–Crippen MR) is 79.7 cm³/mol. The fourth-order valence-corrected chi connectivity index (χ4v) is 1.93. The molecule has 0 amide bonds. The number of carbonyl (C=O) groups excluding carboxylic acids is 1. The van der Waals surface area contributed by atoms with E-state index in [1.165, 1.54) is 6.92 Å². The Balaban J connectivity index is 0.000000282. The molecular weight excluding hydrogens is 268 g/mol. The molecule has 0 bridgehead atoms. The van der Waals surface area contributed by atoms with Crippen LogP contribution in [0.5, 0.6) is 0 Å². The summed E-state index contributed by atoms with van der Waals surface area (Å²) in [6, 6.07) is 7.43. The van der Waals surface area contributed by atoms with Gasteiger partial charge in [-0.25, -0.2) is 0 Å². The third-order valence-electron chi connectivity index (χ3n) is 2.99. The van der Waals surface area contributed by atoms with Crippen molar-refractivity contribution in [3.05, 3.63) is 46.4 Å². The van der Waals surface area contributed by atoms with E-state index in [0.717, 1.165) is 21.9 Å². The van der Waals surface area contributed by atoms with E-state index in [1.54, 1.807) is 6.20 Å². The van der Waals surface area contributed by atoms with Crippen molar-refractivity contribution in [1.29, 1.82) is 0 Å². The Bertz CT molecular complexity index is 897. The van der Waals surface area contributed by atoms with Crippen molar-refractivity contribution in [2.24, 2.45) is 0 Å². The average molecular weight is 281 g/mol. The molecule has 106 valence electrons. The molecule has 0 saturated carbocycles. The van der Waals surface area contributed by atoms with Gasteiger partial charge >= 0.3 is 0 Å². The van der Waals surface area contributed by atoms with Crippen molar-refractivity contribution in [3.8, 4) is 12.3 Å². The highest BCUT2D eigenvalue weighted by Gasteiger charge is 2.05. The van der Waals surface area contributed by atoms with E-state index < -0.39 is 5.97 Å². The number of fused-ring (bicyclic) bond motifs is 3. The number of carboxylic acids is 1. The molecule has 0 fully saturated rings. The molecule has 0 aliphatic rings. The van der Waals surface area contributed by atoms with Crippen molar-refractivity contribution in [3.63, 3.8) is 0 Å². The van der Waals surface area contributed by atoms with Gasteiger partial charge in [-0.3, -0.25) is 4.79 Å². The summed E-state index contributed by atoms with van der Waals surface area (Å²) in [5.41, 5.74) is 2.08.